The van der Waals surface area contributed by atoms with E-state index >= 15 is 0 Å². The van der Waals surface area contributed by atoms with Crippen LogP contribution >= 0.6 is 15.9 Å². The first-order valence-corrected chi connectivity index (χ1v) is 11.5. The summed E-state index contributed by atoms with van der Waals surface area (Å²) in [5, 5.41) is 7.37. The zero-order valence-electron chi connectivity index (χ0n) is 17.8. The molecule has 166 valence electrons. The molecule has 3 aromatic rings. The van der Waals surface area contributed by atoms with Crippen molar-refractivity contribution in [2.75, 3.05) is 19.7 Å². The zero-order valence-corrected chi connectivity index (χ0v) is 19.4. The van der Waals surface area contributed by atoms with Crippen LogP contribution in [0.25, 0.3) is 5.69 Å². The van der Waals surface area contributed by atoms with Gasteiger partial charge in [-0.3, -0.25) is 9.59 Å². The van der Waals surface area contributed by atoms with Crippen LogP contribution in [0.15, 0.2) is 65.4 Å². The van der Waals surface area contributed by atoms with Crippen molar-refractivity contribution in [3.63, 3.8) is 0 Å². The molecular weight excluding hydrogens is 472 g/mol. The number of hydrogen-bond acceptors (Lipinski definition) is 4. The van der Waals surface area contributed by atoms with Gasteiger partial charge in [0.15, 0.2) is 0 Å². The van der Waals surface area contributed by atoms with Crippen molar-refractivity contribution >= 4 is 27.7 Å². The highest BCUT2D eigenvalue weighted by Crippen LogP contribution is 2.18. The Labute approximate surface area is 195 Å². The van der Waals surface area contributed by atoms with Crippen LogP contribution in [0.1, 0.15) is 40.5 Å². The maximum Gasteiger partial charge on any atom is 0.254 e. The first-order chi connectivity index (χ1) is 15.5. The molecule has 2 aromatic carbocycles. The molecule has 1 aromatic heterocycles. The molecule has 0 aliphatic carbocycles. The van der Waals surface area contributed by atoms with Gasteiger partial charge in [0.05, 0.1) is 24.1 Å². The number of carbonyl (C=O) groups excluding carboxylic acids is 2. The number of ether oxygens (including phenoxy) is 1. The molecule has 2 heterocycles. The number of aromatic nitrogens is 2. The number of halogens is 1. The van der Waals surface area contributed by atoms with E-state index in [4.69, 9.17) is 4.74 Å². The van der Waals surface area contributed by atoms with Crippen LogP contribution < -0.4 is 10.1 Å². The second kappa shape index (κ2) is 9.99. The predicted octanol–water partition coefficient (Wildman–Crippen LogP) is 4.07. The number of nitrogens with zero attached hydrogens (tertiary/aromatic N) is 3. The quantitative estimate of drug-likeness (QED) is 0.557. The molecule has 0 bridgehead atoms. The summed E-state index contributed by atoms with van der Waals surface area (Å²) in [7, 11) is 0. The number of rotatable bonds is 6. The van der Waals surface area contributed by atoms with Gasteiger partial charge in [-0.25, -0.2) is 4.68 Å². The summed E-state index contributed by atoms with van der Waals surface area (Å²) < 4.78 is 8.10. The zero-order chi connectivity index (χ0) is 22.5. The van der Waals surface area contributed by atoms with E-state index in [-0.39, 0.29) is 17.9 Å². The van der Waals surface area contributed by atoms with Gasteiger partial charge in [0, 0.05) is 35.4 Å². The molecule has 1 fully saturated rings. The fourth-order valence-electron chi connectivity index (χ4n) is 3.71. The normalized spacial score (nSPS) is 14.2. The minimum absolute atomic E-state index is 0.00796. The van der Waals surface area contributed by atoms with Gasteiger partial charge in [-0.05, 0) is 68.3 Å². The number of carbonyl (C=O) groups is 2. The van der Waals surface area contributed by atoms with Crippen molar-refractivity contribution in [2.24, 2.45) is 0 Å². The number of piperidine rings is 1. The first-order valence-electron chi connectivity index (χ1n) is 10.7. The van der Waals surface area contributed by atoms with E-state index in [9.17, 15) is 9.59 Å². The Hall–Kier alpha value is -3.13. The third-order valence-corrected chi connectivity index (χ3v) is 5.99. The summed E-state index contributed by atoms with van der Waals surface area (Å²) in [5.41, 5.74) is 2.05. The molecule has 2 amide bonds. The summed E-state index contributed by atoms with van der Waals surface area (Å²) >= 11 is 3.41. The summed E-state index contributed by atoms with van der Waals surface area (Å²) in [6.07, 6.45) is 4.73. The van der Waals surface area contributed by atoms with Crippen LogP contribution in [-0.2, 0) is 0 Å². The van der Waals surface area contributed by atoms with Gasteiger partial charge in [-0.15, -0.1) is 0 Å². The van der Waals surface area contributed by atoms with Crippen molar-refractivity contribution in [1.82, 2.24) is 20.0 Å². The molecule has 4 rings (SSSR count). The third kappa shape index (κ3) is 5.19. The van der Waals surface area contributed by atoms with Gasteiger partial charge in [-0.1, -0.05) is 15.9 Å². The SMILES string of the molecule is CCOc1ccc(C(=O)N2CCC(NC(=O)c3cnn(-c4ccc(Br)cc4)c3)CC2)cc1. The average molecular weight is 497 g/mol. The highest BCUT2D eigenvalue weighted by atomic mass is 79.9. The van der Waals surface area contributed by atoms with Crippen LogP contribution in [0.5, 0.6) is 5.75 Å². The molecule has 0 spiro atoms. The van der Waals surface area contributed by atoms with Crippen LogP contribution in [0.2, 0.25) is 0 Å². The smallest absolute Gasteiger partial charge is 0.254 e. The summed E-state index contributed by atoms with van der Waals surface area (Å²) in [6, 6.07) is 15.0. The van der Waals surface area contributed by atoms with E-state index in [1.165, 1.54) is 0 Å². The van der Waals surface area contributed by atoms with Crippen molar-refractivity contribution in [1.29, 1.82) is 0 Å². The van der Waals surface area contributed by atoms with Gasteiger partial charge in [-0.2, -0.15) is 5.10 Å². The number of nitrogens with one attached hydrogen (secondary N) is 1. The van der Waals surface area contributed by atoms with E-state index in [2.05, 4.69) is 26.3 Å². The lowest BCUT2D eigenvalue weighted by Crippen LogP contribution is -2.46. The Morgan fingerprint density at radius 1 is 1.06 bits per heavy atom. The topological polar surface area (TPSA) is 76.5 Å². The Balaban J connectivity index is 1.29. The molecule has 0 unspecified atom stereocenters. The minimum atomic E-state index is -0.148. The van der Waals surface area contributed by atoms with Gasteiger partial charge in [0.1, 0.15) is 5.75 Å². The van der Waals surface area contributed by atoms with E-state index < -0.39 is 0 Å². The molecule has 0 radical (unpaired) electrons. The number of amides is 2. The van der Waals surface area contributed by atoms with Gasteiger partial charge in [0.2, 0.25) is 0 Å². The maximum atomic E-state index is 12.8. The number of likely N-dealkylation sites (tertiary alicyclic amines) is 1. The van der Waals surface area contributed by atoms with Crippen LogP contribution in [0.4, 0.5) is 0 Å². The van der Waals surface area contributed by atoms with Crippen molar-refractivity contribution < 1.29 is 14.3 Å². The van der Waals surface area contributed by atoms with Crippen LogP contribution in [-0.4, -0.2) is 52.2 Å². The van der Waals surface area contributed by atoms with E-state index in [1.54, 1.807) is 29.2 Å². The summed E-state index contributed by atoms with van der Waals surface area (Å²) in [5.74, 6) is 0.618. The minimum Gasteiger partial charge on any atom is -0.494 e. The second-order valence-electron chi connectivity index (χ2n) is 7.65. The molecule has 0 saturated carbocycles. The average Bonchev–Trinajstić information content (AvgIpc) is 3.31. The lowest BCUT2D eigenvalue weighted by Gasteiger charge is -2.32. The fourth-order valence-corrected chi connectivity index (χ4v) is 3.98. The molecule has 1 saturated heterocycles. The highest BCUT2D eigenvalue weighted by Gasteiger charge is 2.25. The van der Waals surface area contributed by atoms with Crippen molar-refractivity contribution in [2.45, 2.75) is 25.8 Å². The van der Waals surface area contributed by atoms with Crippen LogP contribution in [0.3, 0.4) is 0 Å². The second-order valence-corrected chi connectivity index (χ2v) is 8.56. The lowest BCUT2D eigenvalue weighted by molar-refractivity contribution is 0.0698. The lowest BCUT2D eigenvalue weighted by atomic mass is 10.0. The fraction of sp³-hybridized carbons (Fsp3) is 0.292. The van der Waals surface area contributed by atoms with E-state index in [0.717, 1.165) is 28.8 Å². The van der Waals surface area contributed by atoms with Gasteiger partial charge >= 0.3 is 0 Å². The summed E-state index contributed by atoms with van der Waals surface area (Å²) in [4.78, 5) is 27.3. The Morgan fingerprint density at radius 2 is 1.75 bits per heavy atom. The molecule has 1 N–H and O–H groups in total. The molecule has 8 heteroatoms. The van der Waals surface area contributed by atoms with Crippen LogP contribution in [0, 0.1) is 0 Å². The molecule has 1 aliphatic heterocycles. The summed E-state index contributed by atoms with van der Waals surface area (Å²) in [6.45, 7) is 3.73. The van der Waals surface area contributed by atoms with E-state index in [1.807, 2.05) is 48.2 Å². The van der Waals surface area contributed by atoms with Gasteiger partial charge < -0.3 is 15.0 Å². The molecule has 32 heavy (non-hydrogen) atoms. The monoisotopic (exact) mass is 496 g/mol. The highest BCUT2D eigenvalue weighted by molar-refractivity contribution is 9.10. The first kappa shape index (κ1) is 22.1. The van der Waals surface area contributed by atoms with Crippen molar-refractivity contribution in [3.05, 3.63) is 76.5 Å². The van der Waals surface area contributed by atoms with Gasteiger partial charge in [0.25, 0.3) is 11.8 Å². The van der Waals surface area contributed by atoms with Crippen molar-refractivity contribution in [3.8, 4) is 11.4 Å². The third-order valence-electron chi connectivity index (χ3n) is 5.47. The maximum absolute atomic E-state index is 12.8. The molecular formula is C24H25BrN4O3. The number of benzene rings is 2. The Bertz CT molecular complexity index is 1070. The molecule has 7 nitrogen and oxygen atoms in total. The molecule has 0 atom stereocenters. The predicted molar refractivity (Wildman–Crippen MR) is 125 cm³/mol. The number of hydrogen-bond donors (Lipinski definition) is 1. The largest absolute Gasteiger partial charge is 0.494 e. The van der Waals surface area contributed by atoms with E-state index in [0.29, 0.717) is 30.8 Å². The Kier molecular flexibility index (Phi) is 6.90. The molecule has 1 aliphatic rings. The Morgan fingerprint density at radius 3 is 2.41 bits per heavy atom. The standard InChI is InChI=1S/C24H25BrN4O3/c1-2-32-22-9-3-17(4-10-22)24(31)28-13-11-20(12-14-28)27-23(30)18-15-26-29(16-18)21-7-5-19(25)6-8-21/h3-10,15-16,20H,2,11-14H2,1H3,(H,27,30).